The van der Waals surface area contributed by atoms with E-state index in [1.54, 1.807) is 11.3 Å². The fourth-order valence-electron chi connectivity index (χ4n) is 3.53. The first-order valence-corrected chi connectivity index (χ1v) is 11.6. The van der Waals surface area contributed by atoms with E-state index in [0.717, 1.165) is 47.6 Å². The maximum atomic E-state index is 5.93. The van der Waals surface area contributed by atoms with Crippen molar-refractivity contribution in [1.29, 1.82) is 0 Å². The van der Waals surface area contributed by atoms with Gasteiger partial charge in [0.1, 0.15) is 11.3 Å². The molecule has 1 aromatic carbocycles. The highest BCUT2D eigenvalue weighted by Crippen LogP contribution is 2.27. The average Bonchev–Trinajstić information content (AvgIpc) is 3.44. The normalized spacial score (nSPS) is 19.8. The molecule has 32 heavy (non-hydrogen) atoms. The number of fused-ring (bicyclic) bond motifs is 1. The summed E-state index contributed by atoms with van der Waals surface area (Å²) in [5, 5.41) is 1.02. The molecule has 8 nitrogen and oxygen atoms in total. The van der Waals surface area contributed by atoms with Gasteiger partial charge in [-0.15, -0.1) is 0 Å². The van der Waals surface area contributed by atoms with Crippen molar-refractivity contribution >= 4 is 39.7 Å². The minimum atomic E-state index is -0.511. The Labute approximate surface area is 190 Å². The largest absolute Gasteiger partial charge is 0.493 e. The Hall–Kier alpha value is -2.46. The van der Waals surface area contributed by atoms with E-state index >= 15 is 0 Å². The lowest BCUT2D eigenvalue weighted by atomic mass is 10.1. The van der Waals surface area contributed by atoms with E-state index in [1.807, 2.05) is 50.4 Å². The van der Waals surface area contributed by atoms with Gasteiger partial charge in [0.25, 0.3) is 0 Å². The second-order valence-corrected chi connectivity index (χ2v) is 9.40. The first-order chi connectivity index (χ1) is 15.5. The number of benzene rings is 1. The molecule has 0 atom stereocenters. The number of thiazole rings is 1. The first-order valence-electron chi connectivity index (χ1n) is 10.8. The highest BCUT2D eigenvalue weighted by atomic mass is 32.1. The predicted octanol–water partition coefficient (Wildman–Crippen LogP) is 4.07. The van der Waals surface area contributed by atoms with E-state index < -0.39 is 5.79 Å². The van der Waals surface area contributed by atoms with Crippen molar-refractivity contribution in [2.75, 3.05) is 51.0 Å². The van der Waals surface area contributed by atoms with Crippen molar-refractivity contribution in [3.63, 3.8) is 0 Å². The van der Waals surface area contributed by atoms with Crippen LogP contribution in [0.2, 0.25) is 0 Å². The standard InChI is InChI=1S/C23H27N3O5S/c1-23(2)29-14-16(15-30-23)13-28-17-3-5-19-20(11-17)31-21(25-19)6-4-18-12-24-22(32-18)26-7-9-27-10-8-26/h3-6,11-12,16H,7-10,13-15H2,1-2H3. The van der Waals surface area contributed by atoms with Gasteiger partial charge in [-0.1, -0.05) is 11.3 Å². The topological polar surface area (TPSA) is 79.1 Å². The molecule has 0 spiro atoms. The van der Waals surface area contributed by atoms with Crippen LogP contribution in [0.4, 0.5) is 5.13 Å². The molecule has 0 amide bonds. The van der Waals surface area contributed by atoms with E-state index in [0.29, 0.717) is 31.3 Å². The summed E-state index contributed by atoms with van der Waals surface area (Å²) in [4.78, 5) is 12.4. The van der Waals surface area contributed by atoms with Gasteiger partial charge in [-0.05, 0) is 32.1 Å². The van der Waals surface area contributed by atoms with Crippen LogP contribution < -0.4 is 9.64 Å². The first kappa shape index (κ1) is 21.4. The van der Waals surface area contributed by atoms with Gasteiger partial charge in [0.2, 0.25) is 5.89 Å². The van der Waals surface area contributed by atoms with Gasteiger partial charge in [-0.2, -0.15) is 0 Å². The molecule has 2 aromatic heterocycles. The molecule has 5 rings (SSSR count). The van der Waals surface area contributed by atoms with Crippen molar-refractivity contribution in [1.82, 2.24) is 9.97 Å². The third-order valence-corrected chi connectivity index (χ3v) is 6.40. The van der Waals surface area contributed by atoms with Crippen molar-refractivity contribution in [2.45, 2.75) is 19.6 Å². The van der Waals surface area contributed by atoms with E-state index in [4.69, 9.17) is 23.4 Å². The molecule has 0 unspecified atom stereocenters. The van der Waals surface area contributed by atoms with E-state index in [-0.39, 0.29) is 5.92 Å². The number of hydrogen-bond donors (Lipinski definition) is 0. The number of nitrogens with zero attached hydrogens (tertiary/aromatic N) is 3. The molecule has 0 bridgehead atoms. The summed E-state index contributed by atoms with van der Waals surface area (Å²) < 4.78 is 28.6. The minimum absolute atomic E-state index is 0.203. The third kappa shape index (κ3) is 5.12. The van der Waals surface area contributed by atoms with E-state index in [2.05, 4.69) is 14.9 Å². The number of aromatic nitrogens is 2. The van der Waals surface area contributed by atoms with Crippen LogP contribution in [0.15, 0.2) is 28.8 Å². The van der Waals surface area contributed by atoms with E-state index in [1.165, 1.54) is 0 Å². The van der Waals surface area contributed by atoms with Gasteiger partial charge in [-0.3, -0.25) is 0 Å². The summed E-state index contributed by atoms with van der Waals surface area (Å²) in [6, 6.07) is 5.69. The number of ether oxygens (including phenoxy) is 4. The molecule has 0 radical (unpaired) electrons. The highest BCUT2D eigenvalue weighted by molar-refractivity contribution is 7.16. The SMILES string of the molecule is CC1(C)OCC(COc2ccc3nc(C=Cc4cnc(N5CCOCC5)s4)oc3c2)CO1. The molecule has 9 heteroatoms. The van der Waals surface area contributed by atoms with Crippen molar-refractivity contribution in [2.24, 2.45) is 5.92 Å². The molecular weight excluding hydrogens is 430 g/mol. The molecule has 0 N–H and O–H groups in total. The Kier molecular flexibility index (Phi) is 6.14. The molecule has 4 heterocycles. The number of oxazole rings is 1. The van der Waals surface area contributed by atoms with Gasteiger partial charge >= 0.3 is 0 Å². The summed E-state index contributed by atoms with van der Waals surface area (Å²) in [5.41, 5.74) is 1.49. The van der Waals surface area contributed by atoms with Crippen LogP contribution in [-0.4, -0.2) is 61.9 Å². The highest BCUT2D eigenvalue weighted by Gasteiger charge is 2.28. The van der Waals surface area contributed by atoms with Gasteiger partial charge in [-0.25, -0.2) is 9.97 Å². The lowest BCUT2D eigenvalue weighted by Gasteiger charge is -2.34. The lowest BCUT2D eigenvalue weighted by molar-refractivity contribution is -0.264. The molecule has 0 saturated carbocycles. The van der Waals surface area contributed by atoms with Crippen LogP contribution in [0.3, 0.4) is 0 Å². The van der Waals surface area contributed by atoms with Crippen LogP contribution >= 0.6 is 11.3 Å². The predicted molar refractivity (Wildman–Crippen MR) is 123 cm³/mol. The van der Waals surface area contributed by atoms with Gasteiger partial charge in [0, 0.05) is 42.2 Å². The molecular formula is C23H27N3O5S. The maximum Gasteiger partial charge on any atom is 0.220 e. The Morgan fingerprint density at radius 1 is 1.19 bits per heavy atom. The van der Waals surface area contributed by atoms with Gasteiger partial charge < -0.3 is 28.3 Å². The Balaban J connectivity index is 1.20. The molecule has 3 aromatic rings. The lowest BCUT2D eigenvalue weighted by Crippen LogP contribution is -2.41. The zero-order valence-corrected chi connectivity index (χ0v) is 19.1. The Morgan fingerprint density at radius 3 is 2.81 bits per heavy atom. The number of anilines is 1. The molecule has 0 aliphatic carbocycles. The minimum Gasteiger partial charge on any atom is -0.493 e. The zero-order valence-electron chi connectivity index (χ0n) is 18.3. The van der Waals surface area contributed by atoms with Crippen LogP contribution in [0.5, 0.6) is 5.75 Å². The Morgan fingerprint density at radius 2 is 2.00 bits per heavy atom. The van der Waals surface area contributed by atoms with Crippen molar-refractivity contribution < 1.29 is 23.4 Å². The van der Waals surface area contributed by atoms with Crippen LogP contribution in [-0.2, 0) is 14.2 Å². The molecule has 2 saturated heterocycles. The molecule has 2 aliphatic rings. The van der Waals surface area contributed by atoms with Crippen LogP contribution in [0.25, 0.3) is 23.3 Å². The molecule has 170 valence electrons. The van der Waals surface area contributed by atoms with Crippen LogP contribution in [0, 0.1) is 5.92 Å². The fourth-order valence-corrected chi connectivity index (χ4v) is 4.40. The monoisotopic (exact) mass is 457 g/mol. The summed E-state index contributed by atoms with van der Waals surface area (Å²) in [5.74, 6) is 0.984. The van der Waals surface area contributed by atoms with Crippen LogP contribution in [0.1, 0.15) is 24.6 Å². The summed E-state index contributed by atoms with van der Waals surface area (Å²) in [6.07, 6.45) is 5.73. The average molecular weight is 458 g/mol. The second-order valence-electron chi connectivity index (χ2n) is 8.36. The smallest absolute Gasteiger partial charge is 0.220 e. The number of morpholine rings is 1. The Bertz CT molecular complexity index is 1080. The van der Waals surface area contributed by atoms with Gasteiger partial charge in [0.15, 0.2) is 16.5 Å². The number of hydrogen-bond acceptors (Lipinski definition) is 9. The summed E-state index contributed by atoms with van der Waals surface area (Å²) in [6.45, 7) is 8.88. The molecule has 2 fully saturated rings. The van der Waals surface area contributed by atoms with E-state index in [9.17, 15) is 0 Å². The summed E-state index contributed by atoms with van der Waals surface area (Å²) >= 11 is 1.65. The fraction of sp³-hybridized carbons (Fsp3) is 0.478. The maximum absolute atomic E-state index is 5.93. The molecule has 2 aliphatic heterocycles. The zero-order chi connectivity index (χ0) is 22.0. The third-order valence-electron chi connectivity index (χ3n) is 5.38. The summed E-state index contributed by atoms with van der Waals surface area (Å²) in [7, 11) is 0. The quantitative estimate of drug-likeness (QED) is 0.548. The second kappa shape index (κ2) is 9.19. The number of rotatable bonds is 6. The van der Waals surface area contributed by atoms with Crippen molar-refractivity contribution in [3.8, 4) is 5.75 Å². The van der Waals surface area contributed by atoms with Gasteiger partial charge in [0.05, 0.1) is 33.0 Å². The van der Waals surface area contributed by atoms with Crippen molar-refractivity contribution in [3.05, 3.63) is 35.2 Å².